The quantitative estimate of drug-likeness (QED) is 0.0301. The Labute approximate surface area is 319 Å². The van der Waals surface area contributed by atoms with E-state index in [1.54, 1.807) is 20.8 Å². The summed E-state index contributed by atoms with van der Waals surface area (Å²) in [6.07, 6.45) is -3.74. The van der Waals surface area contributed by atoms with E-state index in [0.29, 0.717) is 38.5 Å². The summed E-state index contributed by atoms with van der Waals surface area (Å²) in [7, 11) is 0. The van der Waals surface area contributed by atoms with Gasteiger partial charge in [0.15, 0.2) is 0 Å². The fourth-order valence-corrected chi connectivity index (χ4v) is 5.68. The number of nitrogens with two attached hydrogens (primary N) is 1. The number of carbonyl (C=O) groups is 6. The van der Waals surface area contributed by atoms with Gasteiger partial charge in [-0.2, -0.15) is 0 Å². The van der Waals surface area contributed by atoms with Crippen molar-refractivity contribution in [2.45, 2.75) is 154 Å². The van der Waals surface area contributed by atoms with Crippen molar-refractivity contribution in [3.05, 3.63) is 0 Å². The third-order valence-electron chi connectivity index (χ3n) is 8.61. The van der Waals surface area contributed by atoms with Crippen LogP contribution >= 0.6 is 0 Å². The van der Waals surface area contributed by atoms with E-state index >= 15 is 0 Å². The Hall–Kier alpha value is -2.42. The number of carbonyl (C=O) groups excluding carboxylic acids is 2. The van der Waals surface area contributed by atoms with Gasteiger partial charge in [0.05, 0.1) is 55.8 Å². The van der Waals surface area contributed by atoms with Gasteiger partial charge in [0.2, 0.25) is 0 Å². The maximum atomic E-state index is 13.0. The number of aliphatic carboxylic acids is 4. The van der Waals surface area contributed by atoms with Crippen LogP contribution in [0.25, 0.3) is 0 Å². The molecule has 10 unspecified atom stereocenters. The molecule has 0 saturated heterocycles. The minimum atomic E-state index is -1.59. The minimum absolute atomic E-state index is 0. The van der Waals surface area contributed by atoms with Gasteiger partial charge < -0.3 is 51.0 Å². The summed E-state index contributed by atoms with van der Waals surface area (Å²) >= 11 is 0. The van der Waals surface area contributed by atoms with Gasteiger partial charge in [-0.15, -0.1) is 0 Å². The number of unbranched alkanes of at least 4 members (excludes halogenated alkanes) is 2. The zero-order valence-electron chi connectivity index (χ0n) is 30.4. The Morgan fingerprint density at radius 2 is 1.08 bits per heavy atom. The third-order valence-corrected chi connectivity index (χ3v) is 8.61. The monoisotopic (exact) mass is 931 g/mol. The van der Waals surface area contributed by atoms with Crippen molar-refractivity contribution in [1.29, 1.82) is 0 Å². The molecule has 0 spiro atoms. The van der Waals surface area contributed by atoms with Gasteiger partial charge in [-0.05, 0) is 50.9 Å². The van der Waals surface area contributed by atoms with Crippen LogP contribution < -0.4 is 5.73 Å². The molecule has 0 aromatic heterocycles. The van der Waals surface area contributed by atoms with E-state index in [2.05, 4.69) is 0 Å². The number of hydrogen-bond acceptors (Lipinski definition) is 12. The van der Waals surface area contributed by atoms with E-state index < -0.39 is 116 Å². The molecule has 9 N–H and O–H groups in total. The Kier molecular flexibility index (Phi) is 27.1. The van der Waals surface area contributed by atoms with Gasteiger partial charge in [0.25, 0.3) is 0 Å². The molecule has 0 bridgehead atoms. The first-order valence-corrected chi connectivity index (χ1v) is 17.3. The van der Waals surface area contributed by atoms with Crippen LogP contribution in [0.4, 0.5) is 0 Å². The van der Waals surface area contributed by atoms with Crippen LogP contribution in [0.3, 0.4) is 0 Å². The van der Waals surface area contributed by atoms with Crippen LogP contribution in [0.1, 0.15) is 118 Å². The number of hydrogen-bond donors (Lipinski definition) is 8. The molecule has 16 nitrogen and oxygen atoms in total. The molecule has 0 fully saturated rings. The van der Waals surface area contributed by atoms with E-state index in [1.165, 1.54) is 0 Å². The fraction of sp³-hybridized carbons (Fsp3) is 0.824. The molecular formula is C34H61NO15Pb. The first-order valence-electron chi connectivity index (χ1n) is 17.3. The number of carboxylic acid groups (broad SMARTS) is 4. The Bertz CT molecular complexity index is 1070. The Morgan fingerprint density at radius 1 is 0.627 bits per heavy atom. The molecule has 51 heavy (non-hydrogen) atoms. The molecule has 0 rings (SSSR count). The second-order valence-electron chi connectivity index (χ2n) is 13.6. The summed E-state index contributed by atoms with van der Waals surface area (Å²) in [6.45, 7) is 7.06. The molecular weight excluding hydrogens is 870 g/mol. The van der Waals surface area contributed by atoms with Crippen molar-refractivity contribution in [3.63, 3.8) is 0 Å². The summed E-state index contributed by atoms with van der Waals surface area (Å²) in [5.41, 5.74) is 5.63. The van der Waals surface area contributed by atoms with E-state index in [-0.39, 0.29) is 52.5 Å². The summed E-state index contributed by atoms with van der Waals surface area (Å²) in [6, 6.07) is -0.476. The fourth-order valence-electron chi connectivity index (χ4n) is 5.68. The molecule has 0 aliphatic carbocycles. The first kappa shape index (κ1) is 50.7. The molecule has 0 saturated carbocycles. The third kappa shape index (κ3) is 23.7. The summed E-state index contributed by atoms with van der Waals surface area (Å²) in [4.78, 5) is 71.6. The van der Waals surface area contributed by atoms with Crippen molar-refractivity contribution in [3.8, 4) is 0 Å². The zero-order valence-corrected chi connectivity index (χ0v) is 35.9. The molecule has 0 heterocycles. The van der Waals surface area contributed by atoms with Crippen molar-refractivity contribution in [2.24, 2.45) is 29.4 Å². The normalized spacial score (nSPS) is 17.2. The van der Waals surface area contributed by atoms with Crippen molar-refractivity contribution in [1.82, 2.24) is 0 Å². The standard InChI is InChI=1S/C34H59NO15.Pb.2H/c1-5-6-9-20(3)32(50-31(44)17-23(34(47)48)15-29(41)42)27(49-30(43)16-22(33(45)46)14-28(39)40)13-19(2)12-24(36)10-7-8-11-25(37)18-26(38)21(4)35;;;/h19-27,32,36-38H,5-18,35H2,1-4H3,(H,39,40)(H,41,42)(H,45,46)(H,47,48);;;. The van der Waals surface area contributed by atoms with Gasteiger partial charge in [-0.1, -0.05) is 46.5 Å². The second-order valence-corrected chi connectivity index (χ2v) is 13.6. The number of esters is 2. The Balaban J connectivity index is 0. The maximum absolute atomic E-state index is 13.0. The first-order chi connectivity index (χ1) is 23.3. The average molecular weight is 931 g/mol. The van der Waals surface area contributed by atoms with Crippen molar-refractivity contribution < 1.29 is 74.0 Å². The summed E-state index contributed by atoms with van der Waals surface area (Å²) in [5, 5.41) is 67.8. The molecule has 296 valence electrons. The molecule has 17 heteroatoms. The number of carboxylic acids is 4. The van der Waals surface area contributed by atoms with Crippen molar-refractivity contribution >= 4 is 63.1 Å². The molecule has 0 aromatic carbocycles. The van der Waals surface area contributed by atoms with E-state index in [9.17, 15) is 54.3 Å². The number of aliphatic hydroxyl groups excluding tert-OH is 3. The Morgan fingerprint density at radius 3 is 1.49 bits per heavy atom. The second kappa shape index (κ2) is 27.2. The number of aliphatic hydroxyl groups is 3. The SMILES string of the molecule is CCCCC(C)C(OC(=O)CC(CC(=O)O)C(=O)O)C(CC(C)CC(O)CCCCC(O)CC(O)C(C)N)OC(=O)CC(CC(=O)O)C(=O)O.[PbH2]. The predicted molar refractivity (Wildman–Crippen MR) is 186 cm³/mol. The topological polar surface area (TPSA) is 289 Å². The molecule has 0 aliphatic rings. The van der Waals surface area contributed by atoms with Crippen LogP contribution in [0, 0.1) is 23.7 Å². The molecule has 2 radical (unpaired) electrons. The number of ether oxygens (including phenoxy) is 2. The van der Waals surface area contributed by atoms with Crippen LogP contribution in [-0.2, 0) is 38.2 Å². The van der Waals surface area contributed by atoms with Gasteiger partial charge >= 0.3 is 63.1 Å². The summed E-state index contributed by atoms with van der Waals surface area (Å²) in [5.74, 6) is -12.0. The van der Waals surface area contributed by atoms with Crippen molar-refractivity contribution in [2.75, 3.05) is 0 Å². The van der Waals surface area contributed by atoms with Gasteiger partial charge in [0, 0.05) is 12.5 Å². The van der Waals surface area contributed by atoms with Crippen LogP contribution in [-0.4, -0.2) is 135 Å². The van der Waals surface area contributed by atoms with Gasteiger partial charge in [-0.3, -0.25) is 28.8 Å². The molecule has 0 aromatic rings. The predicted octanol–water partition coefficient (Wildman–Crippen LogP) is 1.65. The van der Waals surface area contributed by atoms with Crippen LogP contribution in [0.2, 0.25) is 0 Å². The van der Waals surface area contributed by atoms with Gasteiger partial charge in [-0.25, -0.2) is 0 Å². The van der Waals surface area contributed by atoms with E-state index in [4.69, 9.17) is 25.4 Å². The van der Waals surface area contributed by atoms with E-state index in [1.807, 2.05) is 6.92 Å². The van der Waals surface area contributed by atoms with Crippen LogP contribution in [0.15, 0.2) is 0 Å². The van der Waals surface area contributed by atoms with Crippen LogP contribution in [0.5, 0.6) is 0 Å². The zero-order chi connectivity index (χ0) is 38.6. The number of rotatable bonds is 29. The average Bonchev–Trinajstić information content (AvgIpc) is 2.99. The molecule has 10 atom stereocenters. The molecule has 0 amide bonds. The summed E-state index contributed by atoms with van der Waals surface area (Å²) < 4.78 is 11.4. The van der Waals surface area contributed by atoms with Gasteiger partial charge in [0.1, 0.15) is 12.2 Å². The molecule has 0 aliphatic heterocycles. The van der Waals surface area contributed by atoms with E-state index in [0.717, 1.165) is 6.42 Å².